The zero-order valence-electron chi connectivity index (χ0n) is 11.5. The van der Waals surface area contributed by atoms with E-state index in [2.05, 4.69) is 15.7 Å². The van der Waals surface area contributed by atoms with Crippen LogP contribution in [0.5, 0.6) is 0 Å². The van der Waals surface area contributed by atoms with Gasteiger partial charge in [-0.3, -0.25) is 4.79 Å². The molecule has 20 heavy (non-hydrogen) atoms. The second-order valence-electron chi connectivity index (χ2n) is 4.81. The number of rotatable bonds is 9. The monoisotopic (exact) mass is 276 g/mol. The summed E-state index contributed by atoms with van der Waals surface area (Å²) < 4.78 is 0. The minimum Gasteiger partial charge on any atom is -0.481 e. The number of unbranched alkanes of at least 4 members (excludes halogenated alkanes) is 4. The van der Waals surface area contributed by atoms with Crippen LogP contribution in [0.3, 0.4) is 0 Å². The molecule has 0 radical (unpaired) electrons. The second kappa shape index (κ2) is 7.47. The topological polar surface area (TPSA) is 80.0 Å². The third-order valence-corrected chi connectivity index (χ3v) is 3.18. The van der Waals surface area contributed by atoms with Crippen LogP contribution >= 0.6 is 0 Å². The summed E-state index contributed by atoms with van der Waals surface area (Å²) in [6.45, 7) is 0.840. The summed E-state index contributed by atoms with van der Waals surface area (Å²) >= 11 is 0. The van der Waals surface area contributed by atoms with Gasteiger partial charge in [0.05, 0.1) is 0 Å². The van der Waals surface area contributed by atoms with Crippen molar-refractivity contribution < 1.29 is 9.90 Å². The molecule has 2 rings (SSSR count). The first-order chi connectivity index (χ1) is 9.77. The van der Waals surface area contributed by atoms with Crippen LogP contribution in [0.25, 0.3) is 11.0 Å². The van der Waals surface area contributed by atoms with Crippen LogP contribution in [0.15, 0.2) is 24.3 Å². The number of carboxylic acids is 1. The fourth-order valence-electron chi connectivity index (χ4n) is 2.10. The summed E-state index contributed by atoms with van der Waals surface area (Å²) in [6.07, 6.45) is 5.26. The van der Waals surface area contributed by atoms with E-state index in [0.717, 1.165) is 49.7 Å². The van der Waals surface area contributed by atoms with Crippen molar-refractivity contribution in [2.75, 3.05) is 12.0 Å². The van der Waals surface area contributed by atoms with Crippen LogP contribution in [0.2, 0.25) is 0 Å². The van der Waals surface area contributed by atoms with Gasteiger partial charge in [-0.25, -0.2) is 0 Å². The van der Waals surface area contributed by atoms with Gasteiger partial charge in [-0.05, 0) is 30.2 Å². The Bertz CT molecular complexity index is 553. The first-order valence-electron chi connectivity index (χ1n) is 7.03. The minimum absolute atomic E-state index is 0.281. The molecule has 0 unspecified atom stereocenters. The number of aromatic nitrogens is 3. The standard InChI is InChI=1S/C14H20N4O2/c19-14(20)10-4-2-1-3-7-11-15-18-13-9-6-5-8-12(13)16-17-18/h5-6,8-9,15H,1-4,7,10-11H2,(H,19,20). The number of carbonyl (C=O) groups is 1. The van der Waals surface area contributed by atoms with E-state index in [4.69, 9.17) is 5.11 Å². The molecule has 0 aliphatic heterocycles. The van der Waals surface area contributed by atoms with E-state index in [-0.39, 0.29) is 6.42 Å². The van der Waals surface area contributed by atoms with Gasteiger partial charge >= 0.3 is 5.97 Å². The summed E-state index contributed by atoms with van der Waals surface area (Å²) in [5.74, 6) is -0.704. The van der Waals surface area contributed by atoms with Crippen molar-refractivity contribution in [3.8, 4) is 0 Å². The molecule has 0 aliphatic rings. The van der Waals surface area contributed by atoms with E-state index in [1.807, 2.05) is 24.3 Å². The molecule has 0 bridgehead atoms. The van der Waals surface area contributed by atoms with Gasteiger partial charge in [-0.1, -0.05) is 31.4 Å². The van der Waals surface area contributed by atoms with Gasteiger partial charge in [0.25, 0.3) is 0 Å². The maximum atomic E-state index is 10.3. The summed E-state index contributed by atoms with van der Waals surface area (Å²) in [5, 5.41) is 16.6. The maximum Gasteiger partial charge on any atom is 0.303 e. The molecule has 0 spiro atoms. The van der Waals surface area contributed by atoms with Gasteiger partial charge in [-0.15, -0.1) is 5.10 Å². The van der Waals surface area contributed by atoms with Gasteiger partial charge in [-0.2, -0.15) is 4.79 Å². The number of para-hydroxylation sites is 1. The molecule has 0 aliphatic carbocycles. The fraction of sp³-hybridized carbons (Fsp3) is 0.500. The zero-order chi connectivity index (χ0) is 14.2. The Hall–Kier alpha value is -2.11. The van der Waals surface area contributed by atoms with E-state index in [1.54, 1.807) is 4.79 Å². The Kier molecular flexibility index (Phi) is 5.34. The van der Waals surface area contributed by atoms with Crippen LogP contribution in [0.1, 0.15) is 38.5 Å². The second-order valence-corrected chi connectivity index (χ2v) is 4.81. The van der Waals surface area contributed by atoms with Crippen LogP contribution in [0.4, 0.5) is 0 Å². The first kappa shape index (κ1) is 14.3. The maximum absolute atomic E-state index is 10.3. The predicted molar refractivity (Wildman–Crippen MR) is 77.1 cm³/mol. The molecule has 1 aromatic carbocycles. The quantitative estimate of drug-likeness (QED) is 0.687. The lowest BCUT2D eigenvalue weighted by molar-refractivity contribution is -0.137. The summed E-state index contributed by atoms with van der Waals surface area (Å²) in [7, 11) is 0. The van der Waals surface area contributed by atoms with Crippen molar-refractivity contribution in [3.05, 3.63) is 24.3 Å². The summed E-state index contributed by atoms with van der Waals surface area (Å²) in [4.78, 5) is 12.1. The van der Waals surface area contributed by atoms with Crippen molar-refractivity contribution >= 4 is 17.0 Å². The van der Waals surface area contributed by atoms with Crippen molar-refractivity contribution in [2.24, 2.45) is 0 Å². The van der Waals surface area contributed by atoms with Crippen molar-refractivity contribution in [3.63, 3.8) is 0 Å². The lowest BCUT2D eigenvalue weighted by Crippen LogP contribution is -2.17. The SMILES string of the molecule is O=C(O)CCCCCCCNn1nnc2ccccc21. The Morgan fingerprint density at radius 3 is 2.75 bits per heavy atom. The molecule has 0 saturated heterocycles. The van der Waals surface area contributed by atoms with E-state index in [1.165, 1.54) is 0 Å². The average Bonchev–Trinajstić information content (AvgIpc) is 2.85. The minimum atomic E-state index is -0.704. The van der Waals surface area contributed by atoms with Crippen LogP contribution < -0.4 is 5.43 Å². The highest BCUT2D eigenvalue weighted by molar-refractivity contribution is 5.74. The van der Waals surface area contributed by atoms with Gasteiger partial charge in [0.1, 0.15) is 11.0 Å². The van der Waals surface area contributed by atoms with Crippen LogP contribution in [-0.4, -0.2) is 32.7 Å². The van der Waals surface area contributed by atoms with E-state index < -0.39 is 5.97 Å². The van der Waals surface area contributed by atoms with Crippen molar-refractivity contribution in [1.29, 1.82) is 0 Å². The highest BCUT2D eigenvalue weighted by Crippen LogP contribution is 2.08. The molecular weight excluding hydrogens is 256 g/mol. The predicted octanol–water partition coefficient (Wildman–Crippen LogP) is 2.40. The molecule has 1 heterocycles. The number of aliphatic carboxylic acids is 1. The number of carboxylic acid groups (broad SMARTS) is 1. The highest BCUT2D eigenvalue weighted by atomic mass is 16.4. The third kappa shape index (κ3) is 4.22. The smallest absolute Gasteiger partial charge is 0.303 e. The molecule has 2 N–H and O–H groups in total. The number of hydrogen-bond acceptors (Lipinski definition) is 4. The average molecular weight is 276 g/mol. The van der Waals surface area contributed by atoms with Gasteiger partial charge in [0.2, 0.25) is 0 Å². The molecule has 0 amide bonds. The molecule has 6 heteroatoms. The van der Waals surface area contributed by atoms with Crippen molar-refractivity contribution in [1.82, 2.24) is 15.1 Å². The van der Waals surface area contributed by atoms with Gasteiger partial charge < -0.3 is 10.5 Å². The summed E-state index contributed by atoms with van der Waals surface area (Å²) in [5.41, 5.74) is 5.09. The Balaban J connectivity index is 1.60. The molecule has 108 valence electrons. The van der Waals surface area contributed by atoms with Gasteiger partial charge in [0, 0.05) is 13.0 Å². The Labute approximate surface area is 117 Å². The molecule has 1 aromatic heterocycles. The van der Waals surface area contributed by atoms with Crippen molar-refractivity contribution in [2.45, 2.75) is 38.5 Å². The zero-order valence-corrected chi connectivity index (χ0v) is 11.5. The largest absolute Gasteiger partial charge is 0.481 e. The number of nitrogens with one attached hydrogen (secondary N) is 1. The molecule has 6 nitrogen and oxygen atoms in total. The number of fused-ring (bicyclic) bond motifs is 1. The van der Waals surface area contributed by atoms with E-state index in [9.17, 15) is 4.79 Å². The molecular formula is C14H20N4O2. The number of benzene rings is 1. The Morgan fingerprint density at radius 1 is 1.15 bits per heavy atom. The highest BCUT2D eigenvalue weighted by Gasteiger charge is 2.01. The fourth-order valence-corrected chi connectivity index (χ4v) is 2.10. The number of nitrogens with zero attached hydrogens (tertiary/aromatic N) is 3. The number of hydrogen-bond donors (Lipinski definition) is 2. The molecule has 0 atom stereocenters. The normalized spacial score (nSPS) is 10.8. The third-order valence-electron chi connectivity index (χ3n) is 3.18. The molecule has 2 aromatic rings. The molecule has 0 fully saturated rings. The lowest BCUT2D eigenvalue weighted by Gasteiger charge is -2.06. The van der Waals surface area contributed by atoms with Crippen LogP contribution in [-0.2, 0) is 4.79 Å². The first-order valence-corrected chi connectivity index (χ1v) is 7.03. The van der Waals surface area contributed by atoms with Gasteiger partial charge in [0.15, 0.2) is 0 Å². The molecule has 0 saturated carbocycles. The van der Waals surface area contributed by atoms with Crippen LogP contribution in [0, 0.1) is 0 Å². The van der Waals surface area contributed by atoms with E-state index in [0.29, 0.717) is 0 Å². The summed E-state index contributed by atoms with van der Waals surface area (Å²) in [6, 6.07) is 7.82. The van der Waals surface area contributed by atoms with E-state index >= 15 is 0 Å². The Morgan fingerprint density at radius 2 is 1.90 bits per heavy atom. The lowest BCUT2D eigenvalue weighted by atomic mass is 10.1.